The predicted molar refractivity (Wildman–Crippen MR) is 61.3 cm³/mol. The summed E-state index contributed by atoms with van der Waals surface area (Å²) in [7, 11) is 0. The van der Waals surface area contributed by atoms with Gasteiger partial charge in [-0.3, -0.25) is 5.01 Å². The molecular formula is C11H20N4. The van der Waals surface area contributed by atoms with Gasteiger partial charge in [0.05, 0.1) is 12.4 Å². The zero-order valence-electron chi connectivity index (χ0n) is 9.28. The van der Waals surface area contributed by atoms with Crippen LogP contribution < -0.4 is 5.73 Å². The maximum absolute atomic E-state index is 5.71. The summed E-state index contributed by atoms with van der Waals surface area (Å²) in [4.78, 5) is 1.98. The van der Waals surface area contributed by atoms with Gasteiger partial charge in [0.25, 0.3) is 0 Å². The molecule has 0 radical (unpaired) electrons. The molecule has 2 heterocycles. The molecule has 0 spiro atoms. The minimum atomic E-state index is 0.597. The van der Waals surface area contributed by atoms with Gasteiger partial charge in [-0.05, 0) is 12.8 Å². The lowest BCUT2D eigenvalue weighted by Gasteiger charge is -2.36. The fraction of sp³-hybridized carbons (Fsp3) is 0.636. The monoisotopic (exact) mass is 208 g/mol. The van der Waals surface area contributed by atoms with Crippen LogP contribution in [0.3, 0.4) is 0 Å². The third-order valence-electron chi connectivity index (χ3n) is 3.17. The van der Waals surface area contributed by atoms with E-state index < -0.39 is 0 Å². The smallest absolute Gasteiger partial charge is 0.117 e. The van der Waals surface area contributed by atoms with Crippen molar-refractivity contribution >= 4 is 0 Å². The molecule has 2 N–H and O–H groups in total. The van der Waals surface area contributed by atoms with Gasteiger partial charge in [-0.15, -0.1) is 0 Å². The summed E-state index contributed by atoms with van der Waals surface area (Å²) in [6.07, 6.45) is 3.92. The topological polar surface area (TPSA) is 35.7 Å². The summed E-state index contributed by atoms with van der Waals surface area (Å²) in [6.45, 7) is 12.0. The van der Waals surface area contributed by atoms with Crippen LogP contribution in [0.15, 0.2) is 24.8 Å². The second-order valence-electron chi connectivity index (χ2n) is 4.20. The third-order valence-corrected chi connectivity index (χ3v) is 3.17. The number of rotatable bonds is 2. The van der Waals surface area contributed by atoms with Crippen LogP contribution in [0.1, 0.15) is 19.3 Å². The minimum absolute atomic E-state index is 0.597. The highest BCUT2D eigenvalue weighted by molar-refractivity contribution is 5.08. The SMILES string of the molecule is C=C(N)N1CCN(N2CCCCC2)C1=C. The maximum atomic E-state index is 5.71. The van der Waals surface area contributed by atoms with E-state index in [0.717, 1.165) is 32.0 Å². The molecular weight excluding hydrogens is 188 g/mol. The predicted octanol–water partition coefficient (Wildman–Crippen LogP) is 0.906. The van der Waals surface area contributed by atoms with E-state index in [0.29, 0.717) is 5.82 Å². The standard InChI is InChI=1S/C11H20N4/c1-10(12)14-8-9-15(11(14)2)13-6-4-3-5-7-13/h1-9,12H2. The van der Waals surface area contributed by atoms with E-state index in [1.807, 2.05) is 4.90 Å². The van der Waals surface area contributed by atoms with E-state index in [4.69, 9.17) is 5.73 Å². The van der Waals surface area contributed by atoms with Crippen LogP contribution >= 0.6 is 0 Å². The zero-order chi connectivity index (χ0) is 10.8. The molecule has 0 atom stereocenters. The van der Waals surface area contributed by atoms with Crippen LogP contribution in [-0.2, 0) is 0 Å². The largest absolute Gasteiger partial charge is 0.386 e. The molecule has 0 bridgehead atoms. The Morgan fingerprint density at radius 3 is 2.27 bits per heavy atom. The Bertz CT molecular complexity index is 268. The highest BCUT2D eigenvalue weighted by Crippen LogP contribution is 2.23. The minimum Gasteiger partial charge on any atom is -0.386 e. The molecule has 0 amide bonds. The molecule has 2 aliphatic rings. The first-order chi connectivity index (χ1) is 7.20. The average molecular weight is 208 g/mol. The average Bonchev–Trinajstić information content (AvgIpc) is 2.61. The van der Waals surface area contributed by atoms with Gasteiger partial charge in [0, 0.05) is 19.6 Å². The molecule has 0 aromatic heterocycles. The van der Waals surface area contributed by atoms with Crippen LogP contribution in [0.5, 0.6) is 0 Å². The Balaban J connectivity index is 1.99. The molecule has 4 nitrogen and oxygen atoms in total. The van der Waals surface area contributed by atoms with Crippen LogP contribution in [-0.4, -0.2) is 41.1 Å². The first kappa shape index (κ1) is 10.4. The lowest BCUT2D eigenvalue weighted by molar-refractivity contribution is 0.00270. The van der Waals surface area contributed by atoms with E-state index >= 15 is 0 Å². The van der Waals surface area contributed by atoms with Gasteiger partial charge in [-0.25, -0.2) is 5.01 Å². The van der Waals surface area contributed by atoms with Crippen LogP contribution in [0.2, 0.25) is 0 Å². The molecule has 15 heavy (non-hydrogen) atoms. The van der Waals surface area contributed by atoms with Gasteiger partial charge in [-0.1, -0.05) is 19.6 Å². The number of hydrazine groups is 1. The second-order valence-corrected chi connectivity index (χ2v) is 4.20. The first-order valence-electron chi connectivity index (χ1n) is 5.63. The van der Waals surface area contributed by atoms with Crippen molar-refractivity contribution in [3.05, 3.63) is 24.8 Å². The fourth-order valence-electron chi connectivity index (χ4n) is 2.32. The lowest BCUT2D eigenvalue weighted by Crippen LogP contribution is -2.43. The normalized spacial score (nSPS) is 23.6. The van der Waals surface area contributed by atoms with Crippen LogP contribution in [0.25, 0.3) is 0 Å². The van der Waals surface area contributed by atoms with Gasteiger partial charge in [0.2, 0.25) is 0 Å². The van der Waals surface area contributed by atoms with Gasteiger partial charge in [0.15, 0.2) is 0 Å². The summed E-state index contributed by atoms with van der Waals surface area (Å²) in [5.41, 5.74) is 5.71. The van der Waals surface area contributed by atoms with Crippen molar-refractivity contribution in [2.45, 2.75) is 19.3 Å². The summed E-state index contributed by atoms with van der Waals surface area (Å²) < 4.78 is 0. The quantitative estimate of drug-likeness (QED) is 0.731. The number of nitrogens with zero attached hydrogens (tertiary/aromatic N) is 3. The summed E-state index contributed by atoms with van der Waals surface area (Å²) >= 11 is 0. The number of hydrogen-bond acceptors (Lipinski definition) is 4. The molecule has 0 unspecified atom stereocenters. The number of piperidine rings is 1. The Hall–Kier alpha value is -1.16. The van der Waals surface area contributed by atoms with E-state index in [9.17, 15) is 0 Å². The first-order valence-corrected chi connectivity index (χ1v) is 5.63. The molecule has 2 fully saturated rings. The summed E-state index contributed by atoms with van der Waals surface area (Å²) in [5.74, 6) is 1.57. The molecule has 0 aliphatic carbocycles. The number of hydrogen-bond donors (Lipinski definition) is 1. The molecule has 2 rings (SSSR count). The Kier molecular flexibility index (Phi) is 2.86. The maximum Gasteiger partial charge on any atom is 0.117 e. The second kappa shape index (κ2) is 4.14. The van der Waals surface area contributed by atoms with E-state index in [1.165, 1.54) is 19.3 Å². The summed E-state index contributed by atoms with van der Waals surface area (Å²) in [5, 5.41) is 4.63. The van der Waals surface area contributed by atoms with E-state index in [1.54, 1.807) is 0 Å². The van der Waals surface area contributed by atoms with E-state index in [-0.39, 0.29) is 0 Å². The number of nitrogens with two attached hydrogens (primary N) is 1. The fourth-order valence-corrected chi connectivity index (χ4v) is 2.32. The van der Waals surface area contributed by atoms with Crippen LogP contribution in [0.4, 0.5) is 0 Å². The highest BCUT2D eigenvalue weighted by Gasteiger charge is 2.28. The van der Waals surface area contributed by atoms with E-state index in [2.05, 4.69) is 23.2 Å². The molecule has 0 saturated carbocycles. The van der Waals surface area contributed by atoms with Crippen molar-refractivity contribution in [3.8, 4) is 0 Å². The van der Waals surface area contributed by atoms with Crippen molar-refractivity contribution < 1.29 is 0 Å². The summed E-state index contributed by atoms with van der Waals surface area (Å²) in [6, 6.07) is 0. The van der Waals surface area contributed by atoms with Crippen molar-refractivity contribution in [2.24, 2.45) is 5.73 Å². The molecule has 2 saturated heterocycles. The molecule has 0 aromatic rings. The molecule has 2 aliphatic heterocycles. The highest BCUT2D eigenvalue weighted by atomic mass is 15.7. The Morgan fingerprint density at radius 1 is 1.07 bits per heavy atom. The third kappa shape index (κ3) is 1.95. The van der Waals surface area contributed by atoms with Crippen LogP contribution in [0, 0.1) is 0 Å². The van der Waals surface area contributed by atoms with Gasteiger partial charge in [-0.2, -0.15) is 0 Å². The Morgan fingerprint density at radius 2 is 1.73 bits per heavy atom. The lowest BCUT2D eigenvalue weighted by atomic mass is 10.2. The molecule has 0 aromatic carbocycles. The molecule has 4 heteroatoms. The van der Waals surface area contributed by atoms with Crippen molar-refractivity contribution in [1.82, 2.24) is 14.9 Å². The Labute approximate surface area is 91.6 Å². The van der Waals surface area contributed by atoms with Crippen molar-refractivity contribution in [1.29, 1.82) is 0 Å². The van der Waals surface area contributed by atoms with Gasteiger partial charge in [0.1, 0.15) is 5.82 Å². The zero-order valence-corrected chi connectivity index (χ0v) is 9.28. The van der Waals surface area contributed by atoms with Gasteiger partial charge >= 0.3 is 0 Å². The van der Waals surface area contributed by atoms with Crippen molar-refractivity contribution in [2.75, 3.05) is 26.2 Å². The molecule has 84 valence electrons. The van der Waals surface area contributed by atoms with Crippen molar-refractivity contribution in [3.63, 3.8) is 0 Å². The van der Waals surface area contributed by atoms with Gasteiger partial charge < -0.3 is 10.6 Å².